The third kappa shape index (κ3) is 6.07. The molecular weight excluding hydrogens is 369 g/mol. The van der Waals surface area contributed by atoms with Crippen LogP contribution in [0.4, 0.5) is 0 Å². The van der Waals surface area contributed by atoms with E-state index >= 15 is 0 Å². The van der Waals surface area contributed by atoms with Crippen LogP contribution in [0.5, 0.6) is 0 Å². The van der Waals surface area contributed by atoms with E-state index in [4.69, 9.17) is 0 Å². The number of carboxylic acid groups (broad SMARTS) is 2. The quantitative estimate of drug-likeness (QED) is 0.717. The maximum Gasteiger partial charge on any atom is 2.00 e. The Labute approximate surface area is 143 Å². The van der Waals surface area contributed by atoms with E-state index in [2.05, 4.69) is 0 Å². The van der Waals surface area contributed by atoms with Crippen molar-refractivity contribution < 1.29 is 47.1 Å². The molecule has 0 radical (unpaired) electrons. The zero-order valence-electron chi connectivity index (χ0n) is 12.0. The van der Waals surface area contributed by atoms with Crippen molar-refractivity contribution in [3.63, 3.8) is 0 Å². The largest absolute Gasteiger partial charge is 2.00 e. The SMILES string of the molecule is Cc1ccccc1C(=O)[O-].Cc1ccccc1C(=O)[O-].[Cd+2]. The number of carbonyl (C=O) groups excluding carboxylic acids is 2. The Balaban J connectivity index is 0.000000364. The van der Waals surface area contributed by atoms with E-state index in [1.807, 2.05) is 0 Å². The molecule has 0 fully saturated rings. The molecule has 2 aromatic carbocycles. The van der Waals surface area contributed by atoms with Crippen LogP contribution in [0.2, 0.25) is 0 Å². The molecule has 0 amide bonds. The van der Waals surface area contributed by atoms with Gasteiger partial charge in [-0.2, -0.15) is 0 Å². The molecule has 0 aliphatic carbocycles. The number of rotatable bonds is 2. The first kappa shape index (κ1) is 19.3. The fourth-order valence-corrected chi connectivity index (χ4v) is 1.60. The molecular formula is C16H14CdO4. The van der Waals surface area contributed by atoms with Crippen LogP contribution in [0.25, 0.3) is 0 Å². The molecule has 5 heteroatoms. The predicted octanol–water partition coefficient (Wildman–Crippen LogP) is 0.715. The van der Waals surface area contributed by atoms with E-state index in [0.717, 1.165) is 11.1 Å². The van der Waals surface area contributed by atoms with E-state index < -0.39 is 11.9 Å². The van der Waals surface area contributed by atoms with E-state index in [0.29, 0.717) is 0 Å². The maximum atomic E-state index is 10.3. The summed E-state index contributed by atoms with van der Waals surface area (Å²) in [6.07, 6.45) is 0. The minimum atomic E-state index is -1.11. The standard InChI is InChI=1S/2C8H8O2.Cd/c2*1-6-4-2-3-5-7(6)8(9)10;/h2*2-5H,1H3,(H,9,10);/q;;+2/p-2. The minimum Gasteiger partial charge on any atom is -0.545 e. The van der Waals surface area contributed by atoms with Crippen LogP contribution in [-0.2, 0) is 27.3 Å². The summed E-state index contributed by atoms with van der Waals surface area (Å²) in [5.41, 5.74) is 2.01. The summed E-state index contributed by atoms with van der Waals surface area (Å²) in [4.78, 5) is 20.6. The molecule has 2 aromatic rings. The average Bonchev–Trinajstić information content (AvgIpc) is 2.40. The number of hydrogen-bond acceptors (Lipinski definition) is 4. The molecule has 0 unspecified atom stereocenters. The molecule has 0 spiro atoms. The first-order chi connectivity index (χ1) is 9.43. The minimum absolute atomic E-state index is 0. The second-order valence-corrected chi connectivity index (χ2v) is 4.20. The van der Waals surface area contributed by atoms with Gasteiger partial charge in [0.15, 0.2) is 0 Å². The molecule has 0 bridgehead atoms. The van der Waals surface area contributed by atoms with Crippen molar-refractivity contribution in [1.82, 2.24) is 0 Å². The van der Waals surface area contributed by atoms with Gasteiger partial charge in [-0.15, -0.1) is 0 Å². The molecule has 0 aromatic heterocycles. The van der Waals surface area contributed by atoms with Crippen LogP contribution >= 0.6 is 0 Å². The van der Waals surface area contributed by atoms with Gasteiger partial charge in [0.05, 0.1) is 11.9 Å². The third-order valence-electron chi connectivity index (χ3n) is 2.73. The normalized spacial score (nSPS) is 8.86. The smallest absolute Gasteiger partial charge is 0.545 e. The maximum absolute atomic E-state index is 10.3. The summed E-state index contributed by atoms with van der Waals surface area (Å²) in [5.74, 6) is -2.23. The van der Waals surface area contributed by atoms with Crippen molar-refractivity contribution in [3.05, 3.63) is 70.8 Å². The zero-order valence-corrected chi connectivity index (χ0v) is 16.0. The summed E-state index contributed by atoms with van der Waals surface area (Å²) in [5, 5.41) is 20.6. The number of carboxylic acids is 2. The van der Waals surface area contributed by atoms with E-state index in [1.54, 1.807) is 50.2 Å². The van der Waals surface area contributed by atoms with Crippen LogP contribution in [0.1, 0.15) is 31.8 Å². The molecule has 21 heavy (non-hydrogen) atoms. The predicted molar refractivity (Wildman–Crippen MR) is 71.0 cm³/mol. The zero-order chi connectivity index (χ0) is 15.1. The van der Waals surface area contributed by atoms with Crippen LogP contribution < -0.4 is 10.2 Å². The van der Waals surface area contributed by atoms with Gasteiger partial charge in [-0.3, -0.25) is 0 Å². The Morgan fingerprint density at radius 2 is 1.00 bits per heavy atom. The average molecular weight is 383 g/mol. The van der Waals surface area contributed by atoms with Gasteiger partial charge in [-0.25, -0.2) is 0 Å². The van der Waals surface area contributed by atoms with Crippen molar-refractivity contribution in [2.24, 2.45) is 0 Å². The Morgan fingerprint density at radius 3 is 1.19 bits per heavy atom. The van der Waals surface area contributed by atoms with E-state index in [1.165, 1.54) is 12.1 Å². The van der Waals surface area contributed by atoms with Gasteiger partial charge < -0.3 is 19.8 Å². The van der Waals surface area contributed by atoms with Crippen LogP contribution in [0.3, 0.4) is 0 Å². The van der Waals surface area contributed by atoms with Gasteiger partial charge in [0, 0.05) is 11.1 Å². The molecule has 4 nitrogen and oxygen atoms in total. The van der Waals surface area contributed by atoms with Gasteiger partial charge in [0.1, 0.15) is 0 Å². The van der Waals surface area contributed by atoms with Crippen molar-refractivity contribution in [2.45, 2.75) is 13.8 Å². The fourth-order valence-electron chi connectivity index (χ4n) is 1.60. The van der Waals surface area contributed by atoms with Crippen LogP contribution in [0.15, 0.2) is 48.5 Å². The molecule has 104 valence electrons. The summed E-state index contributed by atoms with van der Waals surface area (Å²) in [6.45, 7) is 3.48. The summed E-state index contributed by atoms with van der Waals surface area (Å²) < 4.78 is 0. The molecule has 2 rings (SSSR count). The first-order valence-corrected chi connectivity index (χ1v) is 5.97. The number of hydrogen-bond donors (Lipinski definition) is 0. The number of aryl methyl sites for hydroxylation is 2. The van der Waals surface area contributed by atoms with E-state index in [-0.39, 0.29) is 38.4 Å². The summed E-state index contributed by atoms with van der Waals surface area (Å²) >= 11 is 0. The Bertz CT molecular complexity index is 568. The van der Waals surface area contributed by atoms with Crippen molar-refractivity contribution >= 4 is 11.9 Å². The van der Waals surface area contributed by atoms with Crippen LogP contribution in [-0.4, -0.2) is 11.9 Å². The molecule has 0 saturated carbocycles. The van der Waals surface area contributed by atoms with Gasteiger partial charge in [-0.1, -0.05) is 48.5 Å². The summed E-state index contributed by atoms with van der Waals surface area (Å²) in [6, 6.07) is 13.5. The van der Waals surface area contributed by atoms with E-state index in [9.17, 15) is 19.8 Å². The topological polar surface area (TPSA) is 80.3 Å². The molecule has 0 aliphatic heterocycles. The fraction of sp³-hybridized carbons (Fsp3) is 0.125. The van der Waals surface area contributed by atoms with Gasteiger partial charge in [-0.05, 0) is 25.0 Å². The third-order valence-corrected chi connectivity index (χ3v) is 2.73. The molecule has 0 N–H and O–H groups in total. The molecule has 0 atom stereocenters. The van der Waals surface area contributed by atoms with Gasteiger partial charge in [0.2, 0.25) is 0 Å². The monoisotopic (exact) mass is 384 g/mol. The first-order valence-electron chi connectivity index (χ1n) is 5.97. The molecule has 0 aliphatic rings. The van der Waals surface area contributed by atoms with Crippen molar-refractivity contribution in [1.29, 1.82) is 0 Å². The van der Waals surface area contributed by atoms with Gasteiger partial charge >= 0.3 is 27.3 Å². The second-order valence-electron chi connectivity index (χ2n) is 4.20. The number of aromatic carboxylic acids is 2. The number of benzene rings is 2. The van der Waals surface area contributed by atoms with Crippen molar-refractivity contribution in [2.75, 3.05) is 0 Å². The number of carbonyl (C=O) groups is 2. The summed E-state index contributed by atoms with van der Waals surface area (Å²) in [7, 11) is 0. The Morgan fingerprint density at radius 1 is 0.714 bits per heavy atom. The van der Waals surface area contributed by atoms with Crippen LogP contribution in [0, 0.1) is 13.8 Å². The Kier molecular flexibility index (Phi) is 8.53. The molecule has 0 heterocycles. The second kappa shape index (κ2) is 9.28. The van der Waals surface area contributed by atoms with Crippen molar-refractivity contribution in [3.8, 4) is 0 Å². The van der Waals surface area contributed by atoms with Gasteiger partial charge in [0.25, 0.3) is 0 Å². The Hall–Kier alpha value is -1.70. The molecule has 0 saturated heterocycles.